The van der Waals surface area contributed by atoms with Crippen molar-refractivity contribution in [3.8, 4) is 11.5 Å². The summed E-state index contributed by atoms with van der Waals surface area (Å²) >= 11 is 0. The highest BCUT2D eigenvalue weighted by molar-refractivity contribution is 7.92. The first kappa shape index (κ1) is 22.2. The van der Waals surface area contributed by atoms with Crippen LogP contribution in [0.15, 0.2) is 59.0 Å². The zero-order valence-electron chi connectivity index (χ0n) is 18.3. The number of methoxy groups -OCH3 is 1. The summed E-state index contributed by atoms with van der Waals surface area (Å²) in [5, 5.41) is 2.92. The van der Waals surface area contributed by atoms with Gasteiger partial charge in [-0.2, -0.15) is 0 Å². The number of hydrogen-bond donors (Lipinski definition) is 1. The SMILES string of the molecule is COc1ccc(S(=O)(=O)N2C[C@H](C(=O)NCC3=CCCCC3)Oc3ccc(C)cc32)cc1. The van der Waals surface area contributed by atoms with Crippen molar-refractivity contribution in [2.75, 3.05) is 24.5 Å². The van der Waals surface area contributed by atoms with Gasteiger partial charge in [0.2, 0.25) is 0 Å². The van der Waals surface area contributed by atoms with E-state index in [2.05, 4.69) is 11.4 Å². The van der Waals surface area contributed by atoms with Gasteiger partial charge in [-0.05, 0) is 74.6 Å². The highest BCUT2D eigenvalue weighted by Crippen LogP contribution is 2.38. The van der Waals surface area contributed by atoms with E-state index in [4.69, 9.17) is 9.47 Å². The van der Waals surface area contributed by atoms with Crippen LogP contribution in [0.5, 0.6) is 11.5 Å². The molecule has 8 heteroatoms. The molecular formula is C24H28N2O5S. The number of aryl methyl sites for hydroxylation is 1. The maximum atomic E-state index is 13.5. The molecule has 0 spiro atoms. The summed E-state index contributed by atoms with van der Waals surface area (Å²) in [4.78, 5) is 13.0. The lowest BCUT2D eigenvalue weighted by Gasteiger charge is -2.35. The Hall–Kier alpha value is -3.00. The van der Waals surface area contributed by atoms with Crippen LogP contribution in [-0.4, -0.2) is 40.6 Å². The first-order valence-electron chi connectivity index (χ1n) is 10.8. The van der Waals surface area contributed by atoms with Gasteiger partial charge in [0, 0.05) is 6.54 Å². The molecule has 7 nitrogen and oxygen atoms in total. The number of sulfonamides is 1. The molecule has 0 fully saturated rings. The van der Waals surface area contributed by atoms with Crippen molar-refractivity contribution in [3.05, 3.63) is 59.7 Å². The summed E-state index contributed by atoms with van der Waals surface area (Å²) in [5.74, 6) is 0.616. The number of amides is 1. The summed E-state index contributed by atoms with van der Waals surface area (Å²) in [5.41, 5.74) is 2.54. The summed E-state index contributed by atoms with van der Waals surface area (Å²) < 4.78 is 39.4. The second-order valence-electron chi connectivity index (χ2n) is 8.12. The second-order valence-corrected chi connectivity index (χ2v) is 9.98. The fourth-order valence-corrected chi connectivity index (χ4v) is 5.45. The normalized spacial score (nSPS) is 18.2. The third kappa shape index (κ3) is 4.60. The number of nitrogens with one attached hydrogen (secondary N) is 1. The molecule has 1 aliphatic heterocycles. The number of carbonyl (C=O) groups excluding carboxylic acids is 1. The number of allylic oxidation sites excluding steroid dienone is 1. The van der Waals surface area contributed by atoms with Crippen molar-refractivity contribution in [2.24, 2.45) is 0 Å². The molecule has 0 aromatic heterocycles. The number of rotatable bonds is 6. The molecule has 2 aromatic rings. The van der Waals surface area contributed by atoms with Crippen molar-refractivity contribution >= 4 is 21.6 Å². The Morgan fingerprint density at radius 2 is 1.97 bits per heavy atom. The Bertz CT molecular complexity index is 1130. The molecule has 0 saturated heterocycles. The number of hydrogen-bond acceptors (Lipinski definition) is 5. The number of ether oxygens (including phenoxy) is 2. The van der Waals surface area contributed by atoms with Crippen molar-refractivity contribution < 1.29 is 22.7 Å². The van der Waals surface area contributed by atoms with E-state index < -0.39 is 16.1 Å². The fourth-order valence-electron chi connectivity index (χ4n) is 3.98. The van der Waals surface area contributed by atoms with E-state index in [9.17, 15) is 13.2 Å². The molecule has 32 heavy (non-hydrogen) atoms. The van der Waals surface area contributed by atoms with Crippen LogP contribution in [-0.2, 0) is 14.8 Å². The van der Waals surface area contributed by atoms with Gasteiger partial charge in [0.1, 0.15) is 11.5 Å². The van der Waals surface area contributed by atoms with Crippen LogP contribution in [0.3, 0.4) is 0 Å². The highest BCUT2D eigenvalue weighted by atomic mass is 32.2. The zero-order chi connectivity index (χ0) is 22.7. The second kappa shape index (κ2) is 9.24. The van der Waals surface area contributed by atoms with Crippen LogP contribution in [0.25, 0.3) is 0 Å². The van der Waals surface area contributed by atoms with Crippen molar-refractivity contribution in [2.45, 2.75) is 43.6 Å². The average Bonchev–Trinajstić information content (AvgIpc) is 2.82. The molecule has 0 bridgehead atoms. The van der Waals surface area contributed by atoms with Gasteiger partial charge in [0.15, 0.2) is 6.10 Å². The maximum Gasteiger partial charge on any atom is 0.264 e. The maximum absolute atomic E-state index is 13.5. The molecule has 1 amide bonds. The lowest BCUT2D eigenvalue weighted by molar-refractivity contribution is -0.127. The first-order valence-corrected chi connectivity index (χ1v) is 12.2. The molecule has 2 aliphatic rings. The van der Waals surface area contributed by atoms with E-state index in [1.165, 1.54) is 35.5 Å². The molecule has 1 heterocycles. The van der Waals surface area contributed by atoms with Crippen molar-refractivity contribution in [3.63, 3.8) is 0 Å². The molecule has 0 saturated carbocycles. The molecule has 2 aromatic carbocycles. The van der Waals surface area contributed by atoms with Gasteiger partial charge in [-0.25, -0.2) is 8.42 Å². The van der Waals surface area contributed by atoms with Gasteiger partial charge in [-0.15, -0.1) is 0 Å². The highest BCUT2D eigenvalue weighted by Gasteiger charge is 2.37. The molecular weight excluding hydrogens is 428 g/mol. The van der Waals surface area contributed by atoms with Crippen molar-refractivity contribution in [1.82, 2.24) is 5.32 Å². The number of nitrogens with zero attached hydrogens (tertiary/aromatic N) is 1. The van der Waals surface area contributed by atoms with E-state index in [0.717, 1.165) is 24.8 Å². The first-order chi connectivity index (χ1) is 15.4. The number of carbonyl (C=O) groups is 1. The predicted octanol–water partition coefficient (Wildman–Crippen LogP) is 3.58. The summed E-state index contributed by atoms with van der Waals surface area (Å²) in [7, 11) is -2.39. The summed E-state index contributed by atoms with van der Waals surface area (Å²) in [6, 6.07) is 11.5. The standard InChI is InChI=1S/C24H28N2O5S/c1-17-8-13-22-21(14-17)26(32(28,29)20-11-9-19(30-2)10-12-20)16-23(31-22)24(27)25-15-18-6-4-3-5-7-18/h6,8-14,23H,3-5,7,15-16H2,1-2H3,(H,25,27)/t23-/m1/s1. The van der Waals surface area contributed by atoms with Crippen LogP contribution < -0.4 is 19.1 Å². The predicted molar refractivity (Wildman–Crippen MR) is 123 cm³/mol. The van der Waals surface area contributed by atoms with E-state index in [-0.39, 0.29) is 17.3 Å². The molecule has 4 rings (SSSR count). The van der Waals surface area contributed by atoms with Gasteiger partial charge in [0.25, 0.3) is 15.9 Å². The minimum atomic E-state index is -3.91. The van der Waals surface area contributed by atoms with E-state index >= 15 is 0 Å². The Balaban J connectivity index is 1.61. The number of anilines is 1. The van der Waals surface area contributed by atoms with Gasteiger partial charge < -0.3 is 14.8 Å². The largest absolute Gasteiger partial charge is 0.497 e. The summed E-state index contributed by atoms with van der Waals surface area (Å²) in [6.07, 6.45) is 5.55. The van der Waals surface area contributed by atoms with Gasteiger partial charge in [-0.3, -0.25) is 9.10 Å². The molecule has 1 aliphatic carbocycles. The molecule has 1 N–H and O–H groups in total. The van der Waals surface area contributed by atoms with Gasteiger partial charge >= 0.3 is 0 Å². The number of fused-ring (bicyclic) bond motifs is 1. The van der Waals surface area contributed by atoms with Crippen LogP contribution >= 0.6 is 0 Å². The van der Waals surface area contributed by atoms with E-state index in [1.54, 1.807) is 24.3 Å². The molecule has 0 unspecified atom stereocenters. The van der Waals surface area contributed by atoms with Crippen molar-refractivity contribution in [1.29, 1.82) is 0 Å². The van der Waals surface area contributed by atoms with Crippen LogP contribution in [0.1, 0.15) is 31.2 Å². The molecule has 1 atom stereocenters. The topological polar surface area (TPSA) is 84.9 Å². The Morgan fingerprint density at radius 3 is 2.66 bits per heavy atom. The Morgan fingerprint density at radius 1 is 1.19 bits per heavy atom. The molecule has 0 radical (unpaired) electrons. The lowest BCUT2D eigenvalue weighted by Crippen LogP contribution is -2.51. The Kier molecular flexibility index (Phi) is 6.41. The third-order valence-electron chi connectivity index (χ3n) is 5.80. The summed E-state index contributed by atoms with van der Waals surface area (Å²) in [6.45, 7) is 2.25. The Labute approximate surface area is 189 Å². The third-order valence-corrected chi connectivity index (χ3v) is 7.59. The minimum absolute atomic E-state index is 0.101. The molecule has 170 valence electrons. The smallest absolute Gasteiger partial charge is 0.264 e. The minimum Gasteiger partial charge on any atom is -0.497 e. The van der Waals surface area contributed by atoms with E-state index in [0.29, 0.717) is 23.7 Å². The monoisotopic (exact) mass is 456 g/mol. The average molecular weight is 457 g/mol. The quantitative estimate of drug-likeness (QED) is 0.672. The zero-order valence-corrected chi connectivity index (χ0v) is 19.2. The van der Waals surface area contributed by atoms with Crippen LogP contribution in [0, 0.1) is 6.92 Å². The van der Waals surface area contributed by atoms with Gasteiger partial charge in [-0.1, -0.05) is 17.7 Å². The van der Waals surface area contributed by atoms with E-state index in [1.807, 2.05) is 13.0 Å². The van der Waals surface area contributed by atoms with Gasteiger partial charge in [0.05, 0.1) is 24.2 Å². The van der Waals surface area contributed by atoms with Crippen LogP contribution in [0.2, 0.25) is 0 Å². The van der Waals surface area contributed by atoms with Crippen LogP contribution in [0.4, 0.5) is 5.69 Å². The fraction of sp³-hybridized carbons (Fsp3) is 0.375. The number of benzene rings is 2. The lowest BCUT2D eigenvalue weighted by atomic mass is 10.00.